The van der Waals surface area contributed by atoms with E-state index < -0.39 is 5.41 Å². The van der Waals surface area contributed by atoms with Gasteiger partial charge in [0, 0.05) is 31.2 Å². The Morgan fingerprint density at radius 3 is 2.88 bits per heavy atom. The first-order valence-corrected chi connectivity index (χ1v) is 9.25. The second-order valence-corrected chi connectivity index (χ2v) is 7.55. The Balaban J connectivity index is 1.68. The minimum absolute atomic E-state index is 0.119. The topological polar surface area (TPSA) is 29.5 Å². The van der Waals surface area contributed by atoms with Crippen LogP contribution >= 0.6 is 11.3 Å². The van der Waals surface area contributed by atoms with Gasteiger partial charge in [0.15, 0.2) is 0 Å². The smallest absolute Gasteiger partial charge is 0.233 e. The van der Waals surface area contributed by atoms with Crippen molar-refractivity contribution in [2.24, 2.45) is 0 Å². The van der Waals surface area contributed by atoms with Gasteiger partial charge in [0.2, 0.25) is 5.91 Å². The number of carbonyl (C=O) groups is 1. The minimum Gasteiger partial charge on any atom is -0.381 e. The number of halogens is 1. The van der Waals surface area contributed by atoms with Crippen LogP contribution in [0.4, 0.5) is 4.39 Å². The molecule has 2 aliphatic rings. The Morgan fingerprint density at radius 1 is 1.25 bits per heavy atom. The third-order valence-electron chi connectivity index (χ3n) is 5.23. The van der Waals surface area contributed by atoms with Crippen molar-refractivity contribution in [1.29, 1.82) is 0 Å². The molecule has 1 fully saturated rings. The average molecular weight is 345 g/mol. The first-order chi connectivity index (χ1) is 11.7. The Labute approximate surface area is 145 Å². The maximum Gasteiger partial charge on any atom is 0.233 e. The molecule has 1 aromatic carbocycles. The highest BCUT2D eigenvalue weighted by atomic mass is 32.1. The van der Waals surface area contributed by atoms with Crippen LogP contribution in [0, 0.1) is 5.82 Å². The van der Waals surface area contributed by atoms with E-state index in [0.717, 1.165) is 18.5 Å². The zero-order valence-corrected chi connectivity index (χ0v) is 14.3. The van der Waals surface area contributed by atoms with Crippen molar-refractivity contribution in [1.82, 2.24) is 4.90 Å². The van der Waals surface area contributed by atoms with Gasteiger partial charge in [-0.15, -0.1) is 11.3 Å². The van der Waals surface area contributed by atoms with E-state index >= 15 is 0 Å². The molecule has 24 heavy (non-hydrogen) atoms. The molecule has 2 aromatic rings. The van der Waals surface area contributed by atoms with Crippen LogP contribution in [-0.4, -0.2) is 30.6 Å². The maximum atomic E-state index is 13.8. The molecular formula is C19H20FNO2S. The van der Waals surface area contributed by atoms with Crippen molar-refractivity contribution in [3.63, 3.8) is 0 Å². The van der Waals surface area contributed by atoms with Crippen LogP contribution in [0.1, 0.15) is 28.8 Å². The van der Waals surface area contributed by atoms with Crippen molar-refractivity contribution in [3.05, 3.63) is 57.5 Å². The number of rotatable bonds is 2. The summed E-state index contributed by atoms with van der Waals surface area (Å²) in [4.78, 5) is 16.8. The molecule has 5 heteroatoms. The van der Waals surface area contributed by atoms with Gasteiger partial charge in [-0.1, -0.05) is 12.1 Å². The predicted octanol–water partition coefficient (Wildman–Crippen LogP) is 3.52. The molecule has 0 atom stereocenters. The number of hydrogen-bond acceptors (Lipinski definition) is 3. The van der Waals surface area contributed by atoms with Gasteiger partial charge in [0.25, 0.3) is 0 Å². The summed E-state index contributed by atoms with van der Waals surface area (Å²) in [5.74, 6) is -0.168. The van der Waals surface area contributed by atoms with E-state index in [0.29, 0.717) is 32.6 Å². The molecular weight excluding hydrogens is 325 g/mol. The predicted molar refractivity (Wildman–Crippen MR) is 91.6 cm³/mol. The molecule has 0 unspecified atom stereocenters. The summed E-state index contributed by atoms with van der Waals surface area (Å²) >= 11 is 1.76. The normalized spacial score (nSPS) is 19.8. The summed E-state index contributed by atoms with van der Waals surface area (Å²) in [5.41, 5.74) is 1.38. The lowest BCUT2D eigenvalue weighted by Gasteiger charge is -2.41. The number of carbonyl (C=O) groups excluding carboxylic acids is 1. The second-order valence-electron chi connectivity index (χ2n) is 6.55. The van der Waals surface area contributed by atoms with Crippen molar-refractivity contribution < 1.29 is 13.9 Å². The average Bonchev–Trinajstić information content (AvgIpc) is 3.09. The van der Waals surface area contributed by atoms with Crippen molar-refractivity contribution in [2.75, 3.05) is 19.8 Å². The molecule has 0 spiro atoms. The number of nitrogens with zero attached hydrogens (tertiary/aromatic N) is 1. The largest absolute Gasteiger partial charge is 0.381 e. The number of fused-ring (bicyclic) bond motifs is 1. The summed E-state index contributed by atoms with van der Waals surface area (Å²) in [7, 11) is 0. The maximum absolute atomic E-state index is 13.8. The minimum atomic E-state index is -0.659. The molecule has 0 N–H and O–H groups in total. The molecule has 3 nitrogen and oxygen atoms in total. The van der Waals surface area contributed by atoms with Crippen molar-refractivity contribution >= 4 is 17.2 Å². The van der Waals surface area contributed by atoms with Crippen LogP contribution in [0.2, 0.25) is 0 Å². The van der Waals surface area contributed by atoms with Gasteiger partial charge < -0.3 is 9.64 Å². The van der Waals surface area contributed by atoms with Gasteiger partial charge in [-0.2, -0.15) is 0 Å². The zero-order valence-electron chi connectivity index (χ0n) is 13.5. The molecule has 4 rings (SSSR count). The Bertz CT molecular complexity index is 751. The van der Waals surface area contributed by atoms with Gasteiger partial charge in [-0.05, 0) is 54.0 Å². The van der Waals surface area contributed by atoms with Gasteiger partial charge in [-0.25, -0.2) is 4.39 Å². The Morgan fingerprint density at radius 2 is 2.08 bits per heavy atom. The molecule has 0 radical (unpaired) electrons. The fourth-order valence-corrected chi connectivity index (χ4v) is 4.75. The summed E-state index contributed by atoms with van der Waals surface area (Å²) in [6, 6.07) is 8.63. The summed E-state index contributed by atoms with van der Waals surface area (Å²) in [5, 5.41) is 2.09. The number of benzene rings is 1. The summed E-state index contributed by atoms with van der Waals surface area (Å²) < 4.78 is 19.3. The van der Waals surface area contributed by atoms with Crippen LogP contribution < -0.4 is 0 Å². The lowest BCUT2D eigenvalue weighted by Crippen LogP contribution is -2.51. The molecule has 1 saturated heterocycles. The van der Waals surface area contributed by atoms with E-state index in [1.165, 1.54) is 22.6 Å². The number of ether oxygens (including phenoxy) is 1. The second kappa shape index (κ2) is 6.30. The monoisotopic (exact) mass is 345 g/mol. The molecule has 0 saturated carbocycles. The third-order valence-corrected chi connectivity index (χ3v) is 6.25. The Kier molecular flexibility index (Phi) is 4.14. The number of hydrogen-bond donors (Lipinski definition) is 0. The van der Waals surface area contributed by atoms with E-state index in [1.807, 2.05) is 11.0 Å². The fraction of sp³-hybridized carbons (Fsp3) is 0.421. The first-order valence-electron chi connectivity index (χ1n) is 8.37. The van der Waals surface area contributed by atoms with Gasteiger partial charge >= 0.3 is 0 Å². The van der Waals surface area contributed by atoms with Crippen LogP contribution in [0.25, 0.3) is 0 Å². The number of thiophene rings is 1. The van der Waals surface area contributed by atoms with E-state index in [4.69, 9.17) is 4.74 Å². The van der Waals surface area contributed by atoms with Crippen molar-refractivity contribution in [2.45, 2.75) is 31.2 Å². The SMILES string of the molecule is O=C(N1CCc2sccc2C1)C1(c2cccc(F)c2)CCOCC1. The van der Waals surface area contributed by atoms with Crippen LogP contribution in [0.15, 0.2) is 35.7 Å². The molecule has 3 heterocycles. The molecule has 2 aliphatic heterocycles. The molecule has 1 aromatic heterocycles. The van der Waals surface area contributed by atoms with Crippen LogP contribution in [0.3, 0.4) is 0 Å². The standard InChI is InChI=1S/C19H20FNO2S/c20-16-3-1-2-15(12-16)19(6-9-23-10-7-19)18(22)21-8-4-17-14(13-21)5-11-24-17/h1-3,5,11-12H,4,6-10,13H2. The van der Waals surface area contributed by atoms with Crippen LogP contribution in [0.5, 0.6) is 0 Å². The van der Waals surface area contributed by atoms with Gasteiger partial charge in [0.05, 0.1) is 5.41 Å². The third kappa shape index (κ3) is 2.66. The summed E-state index contributed by atoms with van der Waals surface area (Å²) in [6.07, 6.45) is 2.14. The van der Waals surface area contributed by atoms with E-state index in [1.54, 1.807) is 17.4 Å². The zero-order chi connectivity index (χ0) is 16.6. The van der Waals surface area contributed by atoms with E-state index in [9.17, 15) is 9.18 Å². The molecule has 1 amide bonds. The molecule has 0 bridgehead atoms. The highest BCUT2D eigenvalue weighted by Crippen LogP contribution is 2.38. The van der Waals surface area contributed by atoms with Gasteiger partial charge in [-0.3, -0.25) is 4.79 Å². The van der Waals surface area contributed by atoms with Crippen LogP contribution in [-0.2, 0) is 27.9 Å². The lowest BCUT2D eigenvalue weighted by atomic mass is 9.72. The fourth-order valence-electron chi connectivity index (χ4n) is 3.86. The molecule has 126 valence electrons. The highest BCUT2D eigenvalue weighted by molar-refractivity contribution is 7.10. The summed E-state index contributed by atoms with van der Waals surface area (Å²) in [6.45, 7) is 2.49. The molecule has 0 aliphatic carbocycles. The van der Waals surface area contributed by atoms with Crippen molar-refractivity contribution in [3.8, 4) is 0 Å². The first kappa shape index (κ1) is 15.8. The van der Waals surface area contributed by atoms with E-state index in [-0.39, 0.29) is 11.7 Å². The Hall–Kier alpha value is -1.72. The lowest BCUT2D eigenvalue weighted by molar-refractivity contribution is -0.142. The number of amides is 1. The van der Waals surface area contributed by atoms with Gasteiger partial charge in [0.1, 0.15) is 5.82 Å². The van der Waals surface area contributed by atoms with E-state index in [2.05, 4.69) is 11.4 Å². The quantitative estimate of drug-likeness (QED) is 0.833. The highest BCUT2D eigenvalue weighted by Gasteiger charge is 2.44.